The Hall–Kier alpha value is -1.14. The lowest BCUT2D eigenvalue weighted by molar-refractivity contribution is -0.136. The van der Waals surface area contributed by atoms with Gasteiger partial charge in [0.15, 0.2) is 0 Å². The Bertz CT molecular complexity index is 184. The van der Waals surface area contributed by atoms with Crippen LogP contribution in [0.5, 0.6) is 0 Å². The molecule has 0 aromatic rings. The highest BCUT2D eigenvalue weighted by atomic mass is 16.2. The van der Waals surface area contributed by atoms with Crippen molar-refractivity contribution in [1.29, 1.82) is 0 Å². The second-order valence-corrected chi connectivity index (χ2v) is 2.59. The molecule has 12 heavy (non-hydrogen) atoms. The smallest absolute Gasteiger partial charge is 0.244 e. The van der Waals surface area contributed by atoms with Gasteiger partial charge in [-0.25, -0.2) is 0 Å². The fraction of sp³-hybridized carbons (Fsp3) is 0.667. The molecule has 1 heterocycles. The van der Waals surface area contributed by atoms with Gasteiger partial charge in [0.05, 0.1) is 0 Å². The quantitative estimate of drug-likeness (QED) is 0.353. The molecule has 0 saturated carbocycles. The van der Waals surface area contributed by atoms with E-state index in [1.54, 1.807) is 0 Å². The van der Waals surface area contributed by atoms with Gasteiger partial charge in [-0.2, -0.15) is 0 Å². The van der Waals surface area contributed by atoms with Crippen molar-refractivity contribution in [3.63, 3.8) is 0 Å². The van der Waals surface area contributed by atoms with Gasteiger partial charge in [0.2, 0.25) is 11.8 Å². The van der Waals surface area contributed by atoms with Crippen LogP contribution in [0.4, 0.5) is 0 Å². The molecule has 6 N–H and O–H groups in total. The van der Waals surface area contributed by atoms with Crippen LogP contribution in [0.2, 0.25) is 0 Å². The molecule has 0 spiro atoms. The van der Waals surface area contributed by atoms with Gasteiger partial charge in [0, 0.05) is 13.1 Å². The first kappa shape index (κ1) is 8.95. The normalized spacial score (nSPS) is 29.5. The summed E-state index contributed by atoms with van der Waals surface area (Å²) in [6.07, 6.45) is 0. The summed E-state index contributed by atoms with van der Waals surface area (Å²) in [5.74, 6) is -0.542. The van der Waals surface area contributed by atoms with E-state index in [1.807, 2.05) is 0 Å². The van der Waals surface area contributed by atoms with Crippen LogP contribution in [0, 0.1) is 0 Å². The van der Waals surface area contributed by atoms with Crippen molar-refractivity contribution >= 4 is 11.8 Å². The lowest BCUT2D eigenvalue weighted by atomic mass is 10.1. The monoisotopic (exact) mass is 172 g/mol. The Labute approximate surface area is 69.7 Å². The number of amides is 2. The van der Waals surface area contributed by atoms with Crippen molar-refractivity contribution in [3.05, 3.63) is 0 Å². The van der Waals surface area contributed by atoms with Crippen molar-refractivity contribution < 1.29 is 9.59 Å². The number of piperazine rings is 1. The summed E-state index contributed by atoms with van der Waals surface area (Å²) < 4.78 is 0. The Morgan fingerprint density at radius 1 is 1.00 bits per heavy atom. The maximum absolute atomic E-state index is 11.1. The molecule has 6 nitrogen and oxygen atoms in total. The Morgan fingerprint density at radius 3 is 1.58 bits per heavy atom. The van der Waals surface area contributed by atoms with Crippen LogP contribution in [0.15, 0.2) is 0 Å². The molecule has 1 aliphatic heterocycles. The molecule has 2 atom stereocenters. The lowest BCUT2D eigenvalue weighted by Crippen LogP contribution is -2.65. The highest BCUT2D eigenvalue weighted by Gasteiger charge is 2.31. The second kappa shape index (κ2) is 3.51. The van der Waals surface area contributed by atoms with Crippen LogP contribution in [-0.4, -0.2) is 37.0 Å². The zero-order valence-electron chi connectivity index (χ0n) is 6.54. The highest BCUT2D eigenvalue weighted by Crippen LogP contribution is 1.94. The summed E-state index contributed by atoms with van der Waals surface area (Å²) >= 11 is 0. The first-order chi connectivity index (χ1) is 5.69. The molecular formula is C6H12N4O2. The Balaban J connectivity index is 2.61. The van der Waals surface area contributed by atoms with E-state index in [0.29, 0.717) is 0 Å². The molecule has 0 bridgehead atoms. The topological polar surface area (TPSA) is 110 Å². The van der Waals surface area contributed by atoms with Gasteiger partial charge in [-0.1, -0.05) is 0 Å². The molecule has 6 heteroatoms. The largest absolute Gasteiger partial charge is 0.341 e. The minimum atomic E-state index is -0.611. The zero-order chi connectivity index (χ0) is 9.14. The van der Waals surface area contributed by atoms with Crippen molar-refractivity contribution in [3.8, 4) is 0 Å². The maximum Gasteiger partial charge on any atom is 0.244 e. The van der Waals surface area contributed by atoms with Gasteiger partial charge in [0.25, 0.3) is 0 Å². The van der Waals surface area contributed by atoms with Gasteiger partial charge in [-0.3, -0.25) is 9.59 Å². The van der Waals surface area contributed by atoms with Crippen LogP contribution in [-0.2, 0) is 9.59 Å². The molecule has 1 aliphatic rings. The lowest BCUT2D eigenvalue weighted by Gasteiger charge is -2.27. The second-order valence-electron chi connectivity index (χ2n) is 2.59. The first-order valence-electron chi connectivity index (χ1n) is 3.70. The van der Waals surface area contributed by atoms with Gasteiger partial charge >= 0.3 is 0 Å². The number of nitrogens with two attached hydrogens (primary N) is 2. The molecular weight excluding hydrogens is 160 g/mol. The number of hydrogen-bond acceptors (Lipinski definition) is 4. The predicted molar refractivity (Wildman–Crippen MR) is 42.0 cm³/mol. The zero-order valence-corrected chi connectivity index (χ0v) is 6.54. The number of hydrogen-bond donors (Lipinski definition) is 4. The average molecular weight is 172 g/mol. The first-order valence-corrected chi connectivity index (χ1v) is 3.70. The van der Waals surface area contributed by atoms with E-state index in [9.17, 15) is 9.59 Å². The van der Waals surface area contributed by atoms with Gasteiger partial charge < -0.3 is 22.1 Å². The molecule has 2 amide bonds. The SMILES string of the molecule is NCC1NC(=O)C(CN)NC1=O. The molecule has 0 aromatic heterocycles. The third kappa shape index (κ3) is 1.54. The van der Waals surface area contributed by atoms with Crippen molar-refractivity contribution in [1.82, 2.24) is 10.6 Å². The molecule has 68 valence electrons. The Morgan fingerprint density at radius 2 is 1.33 bits per heavy atom. The number of carbonyl (C=O) groups is 2. The fourth-order valence-corrected chi connectivity index (χ4v) is 1.01. The number of nitrogens with one attached hydrogen (secondary N) is 2. The fourth-order valence-electron chi connectivity index (χ4n) is 1.01. The molecule has 1 rings (SSSR count). The maximum atomic E-state index is 11.1. The van der Waals surface area contributed by atoms with Gasteiger partial charge in [-0.05, 0) is 0 Å². The van der Waals surface area contributed by atoms with E-state index >= 15 is 0 Å². The number of carbonyl (C=O) groups excluding carboxylic acids is 2. The summed E-state index contributed by atoms with van der Waals surface area (Å²) in [6.45, 7) is 0.212. The minimum Gasteiger partial charge on any atom is -0.341 e. The number of rotatable bonds is 2. The molecule has 0 aromatic carbocycles. The van der Waals surface area contributed by atoms with Crippen LogP contribution >= 0.6 is 0 Å². The molecule has 1 fully saturated rings. The average Bonchev–Trinajstić information content (AvgIpc) is 2.08. The predicted octanol–water partition coefficient (Wildman–Crippen LogP) is -3.11. The third-order valence-electron chi connectivity index (χ3n) is 1.74. The molecule has 2 unspecified atom stereocenters. The molecule has 1 saturated heterocycles. The van der Waals surface area contributed by atoms with E-state index in [2.05, 4.69) is 10.6 Å². The van der Waals surface area contributed by atoms with Crippen LogP contribution in [0.1, 0.15) is 0 Å². The van der Waals surface area contributed by atoms with Crippen molar-refractivity contribution in [2.75, 3.05) is 13.1 Å². The summed E-state index contributed by atoms with van der Waals surface area (Å²) in [6, 6.07) is -1.22. The summed E-state index contributed by atoms with van der Waals surface area (Å²) in [4.78, 5) is 22.2. The van der Waals surface area contributed by atoms with E-state index in [1.165, 1.54) is 0 Å². The van der Waals surface area contributed by atoms with E-state index in [0.717, 1.165) is 0 Å². The summed E-state index contributed by atoms with van der Waals surface area (Å²) in [5, 5.41) is 4.92. The van der Waals surface area contributed by atoms with Crippen LogP contribution < -0.4 is 22.1 Å². The van der Waals surface area contributed by atoms with E-state index in [-0.39, 0.29) is 24.9 Å². The Kier molecular flexibility index (Phi) is 2.61. The highest BCUT2D eigenvalue weighted by molar-refractivity contribution is 5.97. The minimum absolute atomic E-state index is 0.106. The van der Waals surface area contributed by atoms with Crippen molar-refractivity contribution in [2.45, 2.75) is 12.1 Å². The molecule has 0 radical (unpaired) electrons. The third-order valence-corrected chi connectivity index (χ3v) is 1.74. The van der Waals surface area contributed by atoms with Crippen molar-refractivity contribution in [2.24, 2.45) is 11.5 Å². The summed E-state index contributed by atoms with van der Waals surface area (Å²) in [5.41, 5.74) is 10.5. The molecule has 0 aliphatic carbocycles. The van der Waals surface area contributed by atoms with Gasteiger partial charge in [0.1, 0.15) is 12.1 Å². The summed E-state index contributed by atoms with van der Waals surface area (Å²) in [7, 11) is 0. The van der Waals surface area contributed by atoms with Crippen LogP contribution in [0.3, 0.4) is 0 Å². The van der Waals surface area contributed by atoms with E-state index in [4.69, 9.17) is 11.5 Å². The van der Waals surface area contributed by atoms with E-state index < -0.39 is 12.1 Å². The standard InChI is InChI=1S/C6H12N4O2/c7-1-3-5(11)10-4(2-8)6(12)9-3/h3-4H,1-2,7-8H2,(H,9,12)(H,10,11). The van der Waals surface area contributed by atoms with Crippen LogP contribution in [0.25, 0.3) is 0 Å². The van der Waals surface area contributed by atoms with Gasteiger partial charge in [-0.15, -0.1) is 0 Å².